The largest absolute Gasteiger partial charge is 0.381 e. The summed E-state index contributed by atoms with van der Waals surface area (Å²) in [6.07, 6.45) is 3.81. The van der Waals surface area contributed by atoms with Gasteiger partial charge in [0, 0.05) is 30.5 Å². The number of ketones is 2. The van der Waals surface area contributed by atoms with E-state index in [1.807, 2.05) is 0 Å². The van der Waals surface area contributed by atoms with Gasteiger partial charge in [0.25, 0.3) is 0 Å². The van der Waals surface area contributed by atoms with Gasteiger partial charge in [0.05, 0.1) is 13.0 Å². The summed E-state index contributed by atoms with van der Waals surface area (Å²) in [4.78, 5) is 27.3. The van der Waals surface area contributed by atoms with E-state index >= 15 is 0 Å². The molecule has 1 aliphatic rings. The SMILES string of the molecule is O=C(CC(=O)C1CCOC1)c1ccncc1. The molecule has 1 fully saturated rings. The summed E-state index contributed by atoms with van der Waals surface area (Å²) in [7, 11) is 0. The second-order valence-corrected chi connectivity index (χ2v) is 3.86. The first-order valence-corrected chi connectivity index (χ1v) is 5.31. The number of pyridine rings is 1. The van der Waals surface area contributed by atoms with Crippen LogP contribution in [0.25, 0.3) is 0 Å². The maximum atomic E-state index is 11.7. The standard InChI is InChI=1S/C12H13NO3/c14-11(9-1-4-13-5-2-9)7-12(15)10-3-6-16-8-10/h1-2,4-5,10H,3,6-8H2. The topological polar surface area (TPSA) is 56.3 Å². The lowest BCUT2D eigenvalue weighted by Gasteiger charge is -2.05. The lowest BCUT2D eigenvalue weighted by atomic mass is 9.97. The zero-order valence-corrected chi connectivity index (χ0v) is 8.89. The zero-order valence-electron chi connectivity index (χ0n) is 8.89. The molecule has 1 saturated heterocycles. The van der Waals surface area contributed by atoms with E-state index < -0.39 is 0 Å². The number of ether oxygens (including phenoxy) is 1. The number of aromatic nitrogens is 1. The second-order valence-electron chi connectivity index (χ2n) is 3.86. The van der Waals surface area contributed by atoms with Crippen LogP contribution in [0.1, 0.15) is 23.2 Å². The molecule has 1 atom stereocenters. The molecule has 2 rings (SSSR count). The maximum absolute atomic E-state index is 11.7. The fourth-order valence-electron chi connectivity index (χ4n) is 1.73. The average Bonchev–Trinajstić information content (AvgIpc) is 2.83. The van der Waals surface area contributed by atoms with Crippen molar-refractivity contribution in [1.82, 2.24) is 4.98 Å². The minimum Gasteiger partial charge on any atom is -0.381 e. The van der Waals surface area contributed by atoms with E-state index in [0.717, 1.165) is 6.42 Å². The van der Waals surface area contributed by atoms with Gasteiger partial charge in [-0.1, -0.05) is 0 Å². The van der Waals surface area contributed by atoms with Crippen LogP contribution >= 0.6 is 0 Å². The molecule has 0 bridgehead atoms. The highest BCUT2D eigenvalue weighted by atomic mass is 16.5. The van der Waals surface area contributed by atoms with Crippen molar-refractivity contribution in [3.8, 4) is 0 Å². The first kappa shape index (κ1) is 11.0. The monoisotopic (exact) mass is 219 g/mol. The van der Waals surface area contributed by atoms with E-state index in [2.05, 4.69) is 4.98 Å². The number of hydrogen-bond donors (Lipinski definition) is 0. The lowest BCUT2D eigenvalue weighted by Crippen LogP contribution is -2.18. The first-order chi connectivity index (χ1) is 7.77. The van der Waals surface area contributed by atoms with Crippen LogP contribution in [0, 0.1) is 5.92 Å². The third kappa shape index (κ3) is 2.52. The number of rotatable bonds is 4. The molecule has 1 aliphatic heterocycles. The molecular formula is C12H13NO3. The Morgan fingerprint density at radius 3 is 2.75 bits per heavy atom. The summed E-state index contributed by atoms with van der Waals surface area (Å²) in [5.74, 6) is -0.246. The molecule has 0 aliphatic carbocycles. The Balaban J connectivity index is 1.94. The van der Waals surface area contributed by atoms with Crippen LogP contribution in [0.3, 0.4) is 0 Å². The lowest BCUT2D eigenvalue weighted by molar-refractivity contribution is -0.121. The molecule has 0 spiro atoms. The molecule has 0 N–H and O–H groups in total. The Labute approximate surface area is 93.6 Å². The Hall–Kier alpha value is -1.55. The van der Waals surface area contributed by atoms with Crippen molar-refractivity contribution in [3.05, 3.63) is 30.1 Å². The van der Waals surface area contributed by atoms with Gasteiger partial charge in [-0.2, -0.15) is 0 Å². The van der Waals surface area contributed by atoms with E-state index in [-0.39, 0.29) is 23.9 Å². The van der Waals surface area contributed by atoms with E-state index in [0.29, 0.717) is 18.8 Å². The summed E-state index contributed by atoms with van der Waals surface area (Å²) in [5, 5.41) is 0. The molecule has 1 aromatic rings. The summed E-state index contributed by atoms with van der Waals surface area (Å²) in [6.45, 7) is 1.09. The van der Waals surface area contributed by atoms with Gasteiger partial charge in [-0.05, 0) is 18.6 Å². The van der Waals surface area contributed by atoms with Crippen LogP contribution in [-0.4, -0.2) is 29.8 Å². The quantitative estimate of drug-likeness (QED) is 0.565. The Bertz CT molecular complexity index is 383. The molecule has 4 heteroatoms. The Morgan fingerprint density at radius 2 is 2.12 bits per heavy atom. The predicted octanol–water partition coefficient (Wildman–Crippen LogP) is 1.26. The van der Waals surface area contributed by atoms with E-state index in [9.17, 15) is 9.59 Å². The van der Waals surface area contributed by atoms with Crippen molar-refractivity contribution < 1.29 is 14.3 Å². The van der Waals surface area contributed by atoms with Crippen molar-refractivity contribution >= 4 is 11.6 Å². The molecule has 0 radical (unpaired) electrons. The average molecular weight is 219 g/mol. The minimum absolute atomic E-state index is 0.0145. The predicted molar refractivity (Wildman–Crippen MR) is 57.1 cm³/mol. The van der Waals surface area contributed by atoms with Crippen molar-refractivity contribution in [2.75, 3.05) is 13.2 Å². The third-order valence-electron chi connectivity index (χ3n) is 2.72. The molecular weight excluding hydrogens is 206 g/mol. The number of Topliss-reactive ketones (excluding diaryl/α,β-unsaturated/α-hetero) is 2. The van der Waals surface area contributed by atoms with Gasteiger partial charge in [0.15, 0.2) is 5.78 Å². The van der Waals surface area contributed by atoms with Gasteiger partial charge < -0.3 is 4.74 Å². The van der Waals surface area contributed by atoms with E-state index in [1.54, 1.807) is 24.5 Å². The number of hydrogen-bond acceptors (Lipinski definition) is 4. The molecule has 0 amide bonds. The molecule has 1 aromatic heterocycles. The van der Waals surface area contributed by atoms with Gasteiger partial charge in [0.1, 0.15) is 5.78 Å². The smallest absolute Gasteiger partial charge is 0.170 e. The van der Waals surface area contributed by atoms with Crippen LogP contribution in [0.2, 0.25) is 0 Å². The third-order valence-corrected chi connectivity index (χ3v) is 2.72. The molecule has 16 heavy (non-hydrogen) atoms. The van der Waals surface area contributed by atoms with Crippen LogP contribution in [0.15, 0.2) is 24.5 Å². The highest BCUT2D eigenvalue weighted by Crippen LogP contribution is 2.16. The van der Waals surface area contributed by atoms with E-state index in [1.165, 1.54) is 0 Å². The molecule has 2 heterocycles. The molecule has 1 unspecified atom stereocenters. The summed E-state index contributed by atoms with van der Waals surface area (Å²) < 4.78 is 5.12. The van der Waals surface area contributed by atoms with Gasteiger partial charge in [0.2, 0.25) is 0 Å². The summed E-state index contributed by atoms with van der Waals surface area (Å²) in [5.41, 5.74) is 0.544. The van der Waals surface area contributed by atoms with E-state index in [4.69, 9.17) is 4.74 Å². The normalized spacial score (nSPS) is 19.6. The zero-order chi connectivity index (χ0) is 11.4. The van der Waals surface area contributed by atoms with Crippen molar-refractivity contribution in [3.63, 3.8) is 0 Å². The molecule has 0 aromatic carbocycles. The van der Waals surface area contributed by atoms with Gasteiger partial charge >= 0.3 is 0 Å². The fourth-order valence-corrected chi connectivity index (χ4v) is 1.73. The summed E-state index contributed by atoms with van der Waals surface area (Å²) in [6, 6.07) is 3.25. The van der Waals surface area contributed by atoms with Crippen LogP contribution in [0.4, 0.5) is 0 Å². The Kier molecular flexibility index (Phi) is 3.41. The van der Waals surface area contributed by atoms with Crippen LogP contribution in [-0.2, 0) is 9.53 Å². The highest BCUT2D eigenvalue weighted by Gasteiger charge is 2.25. The Morgan fingerprint density at radius 1 is 1.38 bits per heavy atom. The highest BCUT2D eigenvalue weighted by molar-refractivity contribution is 6.08. The van der Waals surface area contributed by atoms with Gasteiger partial charge in [-0.3, -0.25) is 14.6 Å². The summed E-state index contributed by atoms with van der Waals surface area (Å²) >= 11 is 0. The molecule has 0 saturated carbocycles. The first-order valence-electron chi connectivity index (χ1n) is 5.31. The van der Waals surface area contributed by atoms with Crippen LogP contribution < -0.4 is 0 Å². The molecule has 4 nitrogen and oxygen atoms in total. The number of carbonyl (C=O) groups excluding carboxylic acids is 2. The van der Waals surface area contributed by atoms with Crippen LogP contribution in [0.5, 0.6) is 0 Å². The minimum atomic E-state index is -0.140. The van der Waals surface area contributed by atoms with Crippen molar-refractivity contribution in [2.45, 2.75) is 12.8 Å². The maximum Gasteiger partial charge on any atom is 0.170 e. The number of carbonyl (C=O) groups is 2. The second kappa shape index (κ2) is 4.99. The van der Waals surface area contributed by atoms with Crippen molar-refractivity contribution in [1.29, 1.82) is 0 Å². The van der Waals surface area contributed by atoms with Gasteiger partial charge in [-0.15, -0.1) is 0 Å². The number of nitrogens with zero attached hydrogens (tertiary/aromatic N) is 1. The van der Waals surface area contributed by atoms with Crippen molar-refractivity contribution in [2.24, 2.45) is 5.92 Å². The fraction of sp³-hybridized carbons (Fsp3) is 0.417. The molecule has 84 valence electrons. The van der Waals surface area contributed by atoms with Gasteiger partial charge in [-0.25, -0.2) is 0 Å².